The third kappa shape index (κ3) is 29.0. The molecule has 0 N–H and O–H groups in total. The van der Waals surface area contributed by atoms with Gasteiger partial charge >= 0.3 is 0 Å². The number of rotatable bonds is 35. The highest BCUT2D eigenvalue weighted by Crippen LogP contribution is 2.34. The zero-order chi connectivity index (χ0) is 30.7. The SMILES string of the molecule is CCCCCCCCCCCCCCCCCCC(C=C=O)(C=C=O)CCCCCCCCCCCCCCCCC. The average molecular weight is 587 g/mol. The molecule has 0 saturated heterocycles. The van der Waals surface area contributed by atoms with Crippen molar-refractivity contribution in [1.29, 1.82) is 0 Å². The van der Waals surface area contributed by atoms with Crippen LogP contribution in [0.15, 0.2) is 12.2 Å². The van der Waals surface area contributed by atoms with Crippen molar-refractivity contribution in [1.82, 2.24) is 0 Å². The molecule has 0 bridgehead atoms. The second kappa shape index (κ2) is 34.4. The van der Waals surface area contributed by atoms with Gasteiger partial charge in [-0.1, -0.05) is 213 Å². The van der Waals surface area contributed by atoms with Gasteiger partial charge in [0.15, 0.2) is 0 Å². The summed E-state index contributed by atoms with van der Waals surface area (Å²) in [5.74, 6) is 4.03. The molecule has 0 aromatic rings. The predicted octanol–water partition coefficient (Wildman–Crippen LogP) is 13.7. The van der Waals surface area contributed by atoms with E-state index in [2.05, 4.69) is 13.8 Å². The molecule has 2 heteroatoms. The van der Waals surface area contributed by atoms with E-state index < -0.39 is 5.41 Å². The summed E-state index contributed by atoms with van der Waals surface area (Å²) in [6, 6.07) is 0. The minimum Gasteiger partial charge on any atom is -0.234 e. The first-order valence-corrected chi connectivity index (χ1v) is 19.2. The van der Waals surface area contributed by atoms with Gasteiger partial charge in [0.25, 0.3) is 0 Å². The molecule has 0 amide bonds. The second-order valence-corrected chi connectivity index (χ2v) is 13.5. The predicted molar refractivity (Wildman–Crippen MR) is 187 cm³/mol. The van der Waals surface area contributed by atoms with Gasteiger partial charge in [0.1, 0.15) is 11.9 Å². The molecule has 0 rings (SSSR count). The lowest BCUT2D eigenvalue weighted by atomic mass is 9.78. The zero-order valence-corrected chi connectivity index (χ0v) is 28.8. The number of hydrogen-bond donors (Lipinski definition) is 0. The normalized spacial score (nSPS) is 12.5. The van der Waals surface area contributed by atoms with E-state index in [9.17, 15) is 9.59 Å². The molecule has 2 nitrogen and oxygen atoms in total. The van der Waals surface area contributed by atoms with Crippen molar-refractivity contribution in [3.63, 3.8) is 0 Å². The molecular formula is C40H74O2. The van der Waals surface area contributed by atoms with E-state index in [1.54, 1.807) is 12.2 Å². The quantitative estimate of drug-likeness (QED) is 0.0546. The maximum atomic E-state index is 11.3. The minimum absolute atomic E-state index is 0.421. The Morgan fingerprint density at radius 2 is 0.524 bits per heavy atom. The lowest BCUT2D eigenvalue weighted by Crippen LogP contribution is -2.16. The molecule has 0 aliphatic carbocycles. The van der Waals surface area contributed by atoms with Gasteiger partial charge in [0.2, 0.25) is 0 Å². The van der Waals surface area contributed by atoms with E-state index in [-0.39, 0.29) is 0 Å². The molecule has 0 saturated carbocycles. The minimum atomic E-state index is -0.421. The molecule has 0 aliphatic heterocycles. The Balaban J connectivity index is 3.78. The maximum Gasteiger partial charge on any atom is 0.120 e. The van der Waals surface area contributed by atoms with Crippen LogP contribution in [0.25, 0.3) is 0 Å². The monoisotopic (exact) mass is 587 g/mol. The lowest BCUT2D eigenvalue weighted by molar-refractivity contribution is 0.371. The fourth-order valence-corrected chi connectivity index (χ4v) is 6.52. The topological polar surface area (TPSA) is 34.1 Å². The number of carbonyl (C=O) groups excluding carboxylic acids is 2. The van der Waals surface area contributed by atoms with Crippen LogP contribution in [0.2, 0.25) is 0 Å². The highest BCUT2D eigenvalue weighted by atomic mass is 16.1. The molecule has 0 atom stereocenters. The van der Waals surface area contributed by atoms with Crippen LogP contribution in [0.3, 0.4) is 0 Å². The molecule has 0 aliphatic rings. The Hall–Kier alpha value is -1.10. The molecule has 0 radical (unpaired) electrons. The fourth-order valence-electron chi connectivity index (χ4n) is 6.52. The Morgan fingerprint density at radius 3 is 0.714 bits per heavy atom. The van der Waals surface area contributed by atoms with Gasteiger partial charge < -0.3 is 0 Å². The van der Waals surface area contributed by atoms with Crippen molar-refractivity contribution in [2.24, 2.45) is 5.41 Å². The standard InChI is InChI=1S/C40H74O2/c1-3-5-7-9-11-13-15-17-19-21-23-25-27-29-31-33-35-40(36-38-41,37-39-42)34-32-30-28-26-24-22-20-18-16-14-12-10-8-6-4-2/h36-37H,3-35H2,1-2H3. The molecule has 0 fully saturated rings. The van der Waals surface area contributed by atoms with Gasteiger partial charge in [-0.05, 0) is 12.8 Å². The van der Waals surface area contributed by atoms with E-state index in [0.717, 1.165) is 25.7 Å². The summed E-state index contributed by atoms with van der Waals surface area (Å²) in [6.07, 6.45) is 47.0. The summed E-state index contributed by atoms with van der Waals surface area (Å²) >= 11 is 0. The summed E-state index contributed by atoms with van der Waals surface area (Å²) < 4.78 is 0. The van der Waals surface area contributed by atoms with Crippen LogP contribution in [-0.4, -0.2) is 11.9 Å². The Morgan fingerprint density at radius 1 is 0.333 bits per heavy atom. The van der Waals surface area contributed by atoms with E-state index in [1.165, 1.54) is 186 Å². The molecule has 0 aromatic carbocycles. The number of unbranched alkanes of at least 4 members (excludes halogenated alkanes) is 29. The molecule has 0 aromatic heterocycles. The summed E-state index contributed by atoms with van der Waals surface area (Å²) in [5, 5.41) is 0. The van der Waals surface area contributed by atoms with Gasteiger partial charge in [-0.2, -0.15) is 0 Å². The van der Waals surface area contributed by atoms with E-state index in [4.69, 9.17) is 0 Å². The molecule has 0 unspecified atom stereocenters. The van der Waals surface area contributed by atoms with Gasteiger partial charge in [-0.3, -0.25) is 0 Å². The summed E-state index contributed by atoms with van der Waals surface area (Å²) in [5.41, 5.74) is -0.421. The van der Waals surface area contributed by atoms with Gasteiger partial charge in [0, 0.05) is 17.6 Å². The van der Waals surface area contributed by atoms with Crippen LogP contribution >= 0.6 is 0 Å². The van der Waals surface area contributed by atoms with Crippen LogP contribution < -0.4 is 0 Å². The average Bonchev–Trinajstić information content (AvgIpc) is 2.99. The summed E-state index contributed by atoms with van der Waals surface area (Å²) in [4.78, 5) is 22.6. The first-order chi connectivity index (χ1) is 20.7. The van der Waals surface area contributed by atoms with E-state index >= 15 is 0 Å². The van der Waals surface area contributed by atoms with Gasteiger partial charge in [0.05, 0.1) is 0 Å². The van der Waals surface area contributed by atoms with Crippen molar-refractivity contribution >= 4 is 11.9 Å². The highest BCUT2D eigenvalue weighted by Gasteiger charge is 2.24. The van der Waals surface area contributed by atoms with Crippen LogP contribution in [0.5, 0.6) is 0 Å². The number of allylic oxidation sites excluding steroid dienone is 2. The highest BCUT2D eigenvalue weighted by molar-refractivity contribution is 5.54. The maximum absolute atomic E-state index is 11.3. The first kappa shape index (κ1) is 40.9. The van der Waals surface area contributed by atoms with Gasteiger partial charge in [-0.25, -0.2) is 9.59 Å². The smallest absolute Gasteiger partial charge is 0.120 e. The third-order valence-electron chi connectivity index (χ3n) is 9.43. The second-order valence-electron chi connectivity index (χ2n) is 13.5. The zero-order valence-electron chi connectivity index (χ0n) is 28.8. The Bertz CT molecular complexity index is 608. The molecule has 246 valence electrons. The Kier molecular flexibility index (Phi) is 33.5. The fraction of sp³-hybridized carbons (Fsp3) is 0.900. The third-order valence-corrected chi connectivity index (χ3v) is 9.43. The van der Waals surface area contributed by atoms with Crippen molar-refractivity contribution in [2.45, 2.75) is 226 Å². The van der Waals surface area contributed by atoms with Crippen molar-refractivity contribution in [3.05, 3.63) is 12.2 Å². The summed E-state index contributed by atoms with van der Waals surface area (Å²) in [7, 11) is 0. The van der Waals surface area contributed by atoms with Crippen LogP contribution in [-0.2, 0) is 9.59 Å². The Labute approximate surface area is 264 Å². The molecule has 42 heavy (non-hydrogen) atoms. The van der Waals surface area contributed by atoms with E-state index in [1.807, 2.05) is 11.9 Å². The molecule has 0 heterocycles. The summed E-state index contributed by atoms with van der Waals surface area (Å²) in [6.45, 7) is 4.57. The van der Waals surface area contributed by atoms with Crippen molar-refractivity contribution < 1.29 is 9.59 Å². The first-order valence-electron chi connectivity index (χ1n) is 19.2. The van der Waals surface area contributed by atoms with Crippen molar-refractivity contribution in [2.75, 3.05) is 0 Å². The number of hydrogen-bond acceptors (Lipinski definition) is 2. The largest absolute Gasteiger partial charge is 0.234 e. The van der Waals surface area contributed by atoms with Crippen LogP contribution in [0.4, 0.5) is 0 Å². The van der Waals surface area contributed by atoms with Crippen LogP contribution in [0.1, 0.15) is 226 Å². The lowest BCUT2D eigenvalue weighted by Gasteiger charge is -2.24. The van der Waals surface area contributed by atoms with E-state index in [0.29, 0.717) is 0 Å². The molecular weight excluding hydrogens is 512 g/mol. The van der Waals surface area contributed by atoms with Crippen LogP contribution in [0, 0.1) is 5.41 Å². The van der Waals surface area contributed by atoms with Gasteiger partial charge in [-0.15, -0.1) is 0 Å². The van der Waals surface area contributed by atoms with Crippen molar-refractivity contribution in [3.8, 4) is 0 Å². The molecule has 0 spiro atoms.